The molecule has 0 fully saturated rings. The molecule has 0 aliphatic carbocycles. The molecule has 48 valence electrons. The molecule has 0 aliphatic rings. The number of alkyl halides is 1. The van der Waals surface area contributed by atoms with E-state index in [9.17, 15) is 0 Å². The van der Waals surface area contributed by atoms with E-state index in [-0.39, 0.29) is 0 Å². The molecule has 1 heteroatoms. The molecular weight excluding hydrogens is 164 g/mol. The second kappa shape index (κ2) is 5.36. The van der Waals surface area contributed by atoms with Crippen LogP contribution in [0.2, 0.25) is 0 Å². The Morgan fingerprint density at radius 3 is 2.62 bits per heavy atom. The van der Waals surface area contributed by atoms with E-state index < -0.39 is 0 Å². The zero-order valence-corrected chi connectivity index (χ0v) is 7.11. The van der Waals surface area contributed by atoms with E-state index in [0.717, 1.165) is 6.42 Å². The molecule has 0 aromatic heterocycles. The second-order valence-electron chi connectivity index (χ2n) is 1.81. The molecule has 0 saturated heterocycles. The van der Waals surface area contributed by atoms with E-state index in [1.807, 2.05) is 0 Å². The van der Waals surface area contributed by atoms with Crippen molar-refractivity contribution in [3.63, 3.8) is 0 Å². The van der Waals surface area contributed by atoms with Gasteiger partial charge in [0.05, 0.1) is 0 Å². The van der Waals surface area contributed by atoms with E-state index in [4.69, 9.17) is 0 Å². The molecule has 0 aliphatic heterocycles. The van der Waals surface area contributed by atoms with E-state index in [1.54, 1.807) is 0 Å². The average molecular weight is 177 g/mol. The Morgan fingerprint density at radius 1 is 1.62 bits per heavy atom. The van der Waals surface area contributed by atoms with Crippen LogP contribution in [0.15, 0.2) is 12.2 Å². The van der Waals surface area contributed by atoms with Gasteiger partial charge < -0.3 is 0 Å². The van der Waals surface area contributed by atoms with Crippen LogP contribution in [0.5, 0.6) is 0 Å². The van der Waals surface area contributed by atoms with Gasteiger partial charge in [0.25, 0.3) is 0 Å². The van der Waals surface area contributed by atoms with Gasteiger partial charge in [0.15, 0.2) is 0 Å². The minimum Gasteiger partial charge on any atom is -0.0916 e. The summed E-state index contributed by atoms with van der Waals surface area (Å²) in [6.07, 6.45) is 6.64. The lowest BCUT2D eigenvalue weighted by Crippen LogP contribution is -1.90. The summed E-state index contributed by atoms with van der Waals surface area (Å²) in [5.74, 6) is 0. The van der Waals surface area contributed by atoms with Gasteiger partial charge in [-0.15, -0.1) is 0 Å². The largest absolute Gasteiger partial charge is 0.0916 e. The third-order valence-electron chi connectivity index (χ3n) is 1.07. The van der Waals surface area contributed by atoms with Crippen LogP contribution in [0.3, 0.4) is 0 Å². The number of hydrogen-bond donors (Lipinski definition) is 0. The quantitative estimate of drug-likeness (QED) is 0.459. The molecule has 8 heavy (non-hydrogen) atoms. The fourth-order valence-electron chi connectivity index (χ4n) is 0.450. The average Bonchev–Trinajstić information content (AvgIpc) is 1.83. The van der Waals surface area contributed by atoms with Gasteiger partial charge >= 0.3 is 0 Å². The number of halogens is 1. The van der Waals surface area contributed by atoms with Crippen LogP contribution >= 0.6 is 15.9 Å². The standard InChI is InChI=1S/C7H13Br/c1-3-5-6-7(8)4-2/h3,5,7H,4,6H2,1-2H3/b5-3+. The van der Waals surface area contributed by atoms with Crippen molar-refractivity contribution in [2.24, 2.45) is 0 Å². The second-order valence-corrected chi connectivity index (χ2v) is 3.11. The molecule has 0 radical (unpaired) electrons. The maximum absolute atomic E-state index is 3.53. The summed E-state index contributed by atoms with van der Waals surface area (Å²) in [4.78, 5) is 0.679. The summed E-state index contributed by atoms with van der Waals surface area (Å²) in [5.41, 5.74) is 0. The third-order valence-corrected chi connectivity index (χ3v) is 2.09. The van der Waals surface area contributed by atoms with Crippen molar-refractivity contribution in [3.8, 4) is 0 Å². The van der Waals surface area contributed by atoms with Crippen LogP contribution in [-0.2, 0) is 0 Å². The Bertz CT molecular complexity index is 66.8. The van der Waals surface area contributed by atoms with Crippen molar-refractivity contribution in [2.75, 3.05) is 0 Å². The molecule has 0 nitrogen and oxygen atoms in total. The predicted octanol–water partition coefficient (Wildman–Crippen LogP) is 3.13. The van der Waals surface area contributed by atoms with Gasteiger partial charge in [-0.2, -0.15) is 0 Å². The molecule has 0 heterocycles. The van der Waals surface area contributed by atoms with Crippen LogP contribution < -0.4 is 0 Å². The molecule has 0 aromatic rings. The van der Waals surface area contributed by atoms with Crippen molar-refractivity contribution in [1.29, 1.82) is 0 Å². The Kier molecular flexibility index (Phi) is 5.51. The molecule has 0 saturated carbocycles. The maximum atomic E-state index is 3.53. The summed E-state index contributed by atoms with van der Waals surface area (Å²) in [6.45, 7) is 4.23. The minimum absolute atomic E-state index is 0.679. The number of hydrogen-bond acceptors (Lipinski definition) is 0. The Labute approximate surface area is 60.1 Å². The van der Waals surface area contributed by atoms with Crippen molar-refractivity contribution in [3.05, 3.63) is 12.2 Å². The lowest BCUT2D eigenvalue weighted by molar-refractivity contribution is 0.850. The monoisotopic (exact) mass is 176 g/mol. The first-order valence-electron chi connectivity index (χ1n) is 3.06. The van der Waals surface area contributed by atoms with E-state index in [0.29, 0.717) is 4.83 Å². The first-order valence-corrected chi connectivity index (χ1v) is 3.98. The fourth-order valence-corrected chi connectivity index (χ4v) is 0.666. The highest BCUT2D eigenvalue weighted by Crippen LogP contribution is 2.08. The van der Waals surface area contributed by atoms with Crippen LogP contribution in [0, 0.1) is 0 Å². The number of allylic oxidation sites excluding steroid dienone is 2. The van der Waals surface area contributed by atoms with Gasteiger partial charge in [-0.3, -0.25) is 0 Å². The molecule has 1 atom stereocenters. The fraction of sp³-hybridized carbons (Fsp3) is 0.714. The molecule has 0 amide bonds. The van der Waals surface area contributed by atoms with Crippen LogP contribution in [-0.4, -0.2) is 4.83 Å². The molecule has 0 spiro atoms. The topological polar surface area (TPSA) is 0 Å². The Hall–Kier alpha value is 0.220. The van der Waals surface area contributed by atoms with E-state index in [1.165, 1.54) is 6.42 Å². The summed E-state index contributed by atoms with van der Waals surface area (Å²) < 4.78 is 0. The van der Waals surface area contributed by atoms with Crippen LogP contribution in [0.25, 0.3) is 0 Å². The Morgan fingerprint density at radius 2 is 2.25 bits per heavy atom. The van der Waals surface area contributed by atoms with Crippen molar-refractivity contribution >= 4 is 15.9 Å². The van der Waals surface area contributed by atoms with Gasteiger partial charge in [0, 0.05) is 4.83 Å². The maximum Gasteiger partial charge on any atom is 0.0177 e. The summed E-state index contributed by atoms with van der Waals surface area (Å²) in [6, 6.07) is 0. The van der Waals surface area contributed by atoms with Crippen molar-refractivity contribution in [1.82, 2.24) is 0 Å². The van der Waals surface area contributed by atoms with Gasteiger partial charge in [-0.25, -0.2) is 0 Å². The van der Waals surface area contributed by atoms with Crippen LogP contribution in [0.1, 0.15) is 26.7 Å². The lowest BCUT2D eigenvalue weighted by Gasteiger charge is -1.98. The summed E-state index contributed by atoms with van der Waals surface area (Å²) >= 11 is 3.53. The smallest absolute Gasteiger partial charge is 0.0177 e. The van der Waals surface area contributed by atoms with E-state index >= 15 is 0 Å². The highest BCUT2D eigenvalue weighted by Gasteiger charge is 1.93. The van der Waals surface area contributed by atoms with Gasteiger partial charge in [0.1, 0.15) is 0 Å². The van der Waals surface area contributed by atoms with Crippen molar-refractivity contribution in [2.45, 2.75) is 31.5 Å². The zero-order valence-electron chi connectivity index (χ0n) is 5.52. The van der Waals surface area contributed by atoms with Gasteiger partial charge in [-0.1, -0.05) is 35.0 Å². The highest BCUT2D eigenvalue weighted by atomic mass is 79.9. The van der Waals surface area contributed by atoms with Crippen LogP contribution in [0.4, 0.5) is 0 Å². The first-order chi connectivity index (χ1) is 3.81. The molecule has 0 N–H and O–H groups in total. The minimum atomic E-state index is 0.679. The van der Waals surface area contributed by atoms with Gasteiger partial charge in [-0.05, 0) is 19.8 Å². The predicted molar refractivity (Wildman–Crippen MR) is 42.4 cm³/mol. The molecule has 0 aromatic carbocycles. The normalized spacial score (nSPS) is 14.9. The zero-order chi connectivity index (χ0) is 6.41. The van der Waals surface area contributed by atoms with Gasteiger partial charge in [0.2, 0.25) is 0 Å². The lowest BCUT2D eigenvalue weighted by atomic mass is 10.2. The van der Waals surface area contributed by atoms with E-state index in [2.05, 4.69) is 41.9 Å². The highest BCUT2D eigenvalue weighted by molar-refractivity contribution is 9.09. The molecular formula is C7H13Br. The molecule has 0 bridgehead atoms. The molecule has 1 unspecified atom stereocenters. The third kappa shape index (κ3) is 4.38. The first kappa shape index (κ1) is 8.22. The summed E-state index contributed by atoms with van der Waals surface area (Å²) in [5, 5.41) is 0. The summed E-state index contributed by atoms with van der Waals surface area (Å²) in [7, 11) is 0. The molecule has 0 rings (SSSR count). The Balaban J connectivity index is 3.10. The SMILES string of the molecule is C/C=C/CC(Br)CC. The number of rotatable bonds is 3. The van der Waals surface area contributed by atoms with Crippen molar-refractivity contribution < 1.29 is 0 Å².